The van der Waals surface area contributed by atoms with Gasteiger partial charge in [0.25, 0.3) is 0 Å². The second-order valence-corrected chi connectivity index (χ2v) is 5.22. The predicted octanol–water partition coefficient (Wildman–Crippen LogP) is 3.90. The molecule has 0 fully saturated rings. The lowest BCUT2D eigenvalue weighted by molar-refractivity contribution is 1.11. The first-order valence-corrected chi connectivity index (χ1v) is 7.38. The monoisotopic (exact) mass is 269 g/mol. The molecular formula is C15H15N3S. The lowest BCUT2D eigenvalue weighted by atomic mass is 10.2. The number of anilines is 1. The first-order valence-electron chi connectivity index (χ1n) is 6.16. The van der Waals surface area contributed by atoms with E-state index >= 15 is 0 Å². The Morgan fingerprint density at radius 1 is 1.16 bits per heavy atom. The highest BCUT2D eigenvalue weighted by Gasteiger charge is 2.02. The first kappa shape index (κ1) is 12.1. The number of thioether (sulfide) groups is 1. The van der Waals surface area contributed by atoms with Crippen LogP contribution in [0.3, 0.4) is 0 Å². The zero-order valence-corrected chi connectivity index (χ0v) is 11.5. The minimum Gasteiger partial charge on any atom is -0.379 e. The van der Waals surface area contributed by atoms with Gasteiger partial charge in [-0.25, -0.2) is 0 Å². The number of hydrogen-bond acceptors (Lipinski definition) is 3. The van der Waals surface area contributed by atoms with Crippen LogP contribution in [0.4, 0.5) is 5.69 Å². The van der Waals surface area contributed by atoms with Crippen molar-refractivity contribution in [3.63, 3.8) is 0 Å². The molecule has 4 heteroatoms. The Hall–Kier alpha value is -1.94. The summed E-state index contributed by atoms with van der Waals surface area (Å²) < 4.78 is 0. The fraction of sp³-hybridized carbons (Fsp3) is 0.133. The molecule has 0 saturated carbocycles. The van der Waals surface area contributed by atoms with E-state index in [1.165, 1.54) is 10.5 Å². The second kappa shape index (κ2) is 5.36. The van der Waals surface area contributed by atoms with Crippen molar-refractivity contribution < 1.29 is 0 Å². The first-order chi connectivity index (χ1) is 9.36. The van der Waals surface area contributed by atoms with E-state index in [0.717, 1.165) is 23.1 Å². The Labute approximate surface area is 116 Å². The Balaban J connectivity index is 1.76. The van der Waals surface area contributed by atoms with Crippen molar-refractivity contribution >= 4 is 28.4 Å². The number of fused-ring (bicyclic) bond motifs is 1. The van der Waals surface area contributed by atoms with Gasteiger partial charge < -0.3 is 5.32 Å². The fourth-order valence-corrected chi connectivity index (χ4v) is 2.47. The highest BCUT2D eigenvalue weighted by atomic mass is 32.2. The molecule has 0 aliphatic heterocycles. The van der Waals surface area contributed by atoms with Gasteiger partial charge in [0.15, 0.2) is 0 Å². The summed E-state index contributed by atoms with van der Waals surface area (Å²) in [7, 11) is 0. The van der Waals surface area contributed by atoms with Gasteiger partial charge in [0, 0.05) is 16.8 Å². The quantitative estimate of drug-likeness (QED) is 0.706. The summed E-state index contributed by atoms with van der Waals surface area (Å²) in [6.07, 6.45) is 3.93. The summed E-state index contributed by atoms with van der Waals surface area (Å²) >= 11 is 1.76. The molecule has 96 valence electrons. The molecule has 0 unspecified atom stereocenters. The van der Waals surface area contributed by atoms with Crippen molar-refractivity contribution in [1.29, 1.82) is 0 Å². The van der Waals surface area contributed by atoms with Crippen molar-refractivity contribution in [3.05, 3.63) is 54.2 Å². The van der Waals surface area contributed by atoms with Crippen molar-refractivity contribution in [2.24, 2.45) is 0 Å². The summed E-state index contributed by atoms with van der Waals surface area (Å²) in [5, 5.41) is 11.7. The number of benzene rings is 2. The standard InChI is InChI=1S/C15H15N3S/c1-19-13-7-5-11(6-8-13)9-16-14-4-2-3-12-10-17-18-15(12)14/h2-8,10,16H,9H2,1H3,(H,17,18). The average Bonchev–Trinajstić information content (AvgIpc) is 2.94. The molecule has 3 rings (SSSR count). The zero-order chi connectivity index (χ0) is 13.1. The van der Waals surface area contributed by atoms with Crippen LogP contribution in [0.15, 0.2) is 53.6 Å². The molecule has 0 amide bonds. The highest BCUT2D eigenvalue weighted by molar-refractivity contribution is 7.98. The van der Waals surface area contributed by atoms with Crippen LogP contribution in [-0.4, -0.2) is 16.5 Å². The molecule has 0 aliphatic rings. The molecule has 0 bridgehead atoms. The lowest BCUT2D eigenvalue weighted by Gasteiger charge is -2.08. The third-order valence-electron chi connectivity index (χ3n) is 3.12. The number of aromatic nitrogens is 2. The number of H-pyrrole nitrogens is 1. The van der Waals surface area contributed by atoms with Crippen LogP contribution in [0.25, 0.3) is 10.9 Å². The fourth-order valence-electron chi connectivity index (χ4n) is 2.06. The van der Waals surface area contributed by atoms with E-state index in [-0.39, 0.29) is 0 Å². The highest BCUT2D eigenvalue weighted by Crippen LogP contribution is 2.21. The summed E-state index contributed by atoms with van der Waals surface area (Å²) in [6.45, 7) is 0.812. The molecule has 0 spiro atoms. The van der Waals surface area contributed by atoms with Crippen LogP contribution >= 0.6 is 11.8 Å². The van der Waals surface area contributed by atoms with Crippen molar-refractivity contribution in [1.82, 2.24) is 10.2 Å². The molecule has 19 heavy (non-hydrogen) atoms. The van der Waals surface area contributed by atoms with Crippen LogP contribution in [0.2, 0.25) is 0 Å². The number of aromatic amines is 1. The van der Waals surface area contributed by atoms with E-state index in [1.54, 1.807) is 11.8 Å². The number of rotatable bonds is 4. The van der Waals surface area contributed by atoms with E-state index in [4.69, 9.17) is 0 Å². The summed E-state index contributed by atoms with van der Waals surface area (Å²) in [4.78, 5) is 1.29. The smallest absolute Gasteiger partial charge is 0.0881 e. The Morgan fingerprint density at radius 2 is 2.00 bits per heavy atom. The zero-order valence-electron chi connectivity index (χ0n) is 10.7. The van der Waals surface area contributed by atoms with Crippen molar-refractivity contribution in [2.75, 3.05) is 11.6 Å². The second-order valence-electron chi connectivity index (χ2n) is 4.34. The molecule has 0 atom stereocenters. The van der Waals surface area contributed by atoms with Gasteiger partial charge in [0.2, 0.25) is 0 Å². The van der Waals surface area contributed by atoms with E-state index < -0.39 is 0 Å². The molecule has 3 nitrogen and oxygen atoms in total. The van der Waals surface area contributed by atoms with Gasteiger partial charge in [-0.3, -0.25) is 5.10 Å². The summed E-state index contributed by atoms with van der Waals surface area (Å²) in [5.74, 6) is 0. The van der Waals surface area contributed by atoms with Crippen LogP contribution in [-0.2, 0) is 6.54 Å². The minimum absolute atomic E-state index is 0.812. The molecular weight excluding hydrogens is 254 g/mol. The molecule has 0 saturated heterocycles. The topological polar surface area (TPSA) is 40.7 Å². The molecule has 0 aliphatic carbocycles. The number of para-hydroxylation sites is 1. The SMILES string of the molecule is CSc1ccc(CNc2cccc3cn[nH]c23)cc1. The third kappa shape index (κ3) is 2.58. The van der Waals surface area contributed by atoms with Gasteiger partial charge in [-0.1, -0.05) is 24.3 Å². The molecule has 2 N–H and O–H groups in total. The molecule has 1 aromatic heterocycles. The summed E-state index contributed by atoms with van der Waals surface area (Å²) in [5.41, 5.74) is 3.42. The third-order valence-corrected chi connectivity index (χ3v) is 3.86. The van der Waals surface area contributed by atoms with Gasteiger partial charge in [-0.05, 0) is 30.0 Å². The maximum atomic E-state index is 4.07. The van der Waals surface area contributed by atoms with Crippen LogP contribution < -0.4 is 5.32 Å². The van der Waals surface area contributed by atoms with Crippen molar-refractivity contribution in [3.8, 4) is 0 Å². The normalized spacial score (nSPS) is 10.8. The van der Waals surface area contributed by atoms with Gasteiger partial charge in [0.1, 0.15) is 0 Å². The molecule has 0 radical (unpaired) electrons. The Bertz CT molecular complexity index is 673. The van der Waals surface area contributed by atoms with E-state index in [1.807, 2.05) is 12.3 Å². The summed E-state index contributed by atoms with van der Waals surface area (Å²) in [6, 6.07) is 14.8. The van der Waals surface area contributed by atoms with Crippen LogP contribution in [0.1, 0.15) is 5.56 Å². The van der Waals surface area contributed by atoms with E-state index in [9.17, 15) is 0 Å². The minimum atomic E-state index is 0.812. The lowest BCUT2D eigenvalue weighted by Crippen LogP contribution is -1.99. The average molecular weight is 269 g/mol. The van der Waals surface area contributed by atoms with Crippen LogP contribution in [0.5, 0.6) is 0 Å². The van der Waals surface area contributed by atoms with Gasteiger partial charge >= 0.3 is 0 Å². The van der Waals surface area contributed by atoms with Gasteiger partial charge in [0.05, 0.1) is 17.4 Å². The molecule has 1 heterocycles. The predicted molar refractivity (Wildman–Crippen MR) is 81.6 cm³/mol. The van der Waals surface area contributed by atoms with E-state index in [0.29, 0.717) is 0 Å². The maximum Gasteiger partial charge on any atom is 0.0881 e. The Morgan fingerprint density at radius 3 is 2.79 bits per heavy atom. The van der Waals surface area contributed by atoms with Crippen molar-refractivity contribution in [2.45, 2.75) is 11.4 Å². The van der Waals surface area contributed by atoms with Gasteiger partial charge in [-0.15, -0.1) is 11.8 Å². The molecule has 2 aromatic carbocycles. The maximum absolute atomic E-state index is 4.07. The Kier molecular flexibility index (Phi) is 3.42. The van der Waals surface area contributed by atoms with Crippen LogP contribution in [0, 0.1) is 0 Å². The number of nitrogens with zero attached hydrogens (tertiary/aromatic N) is 1. The number of nitrogens with one attached hydrogen (secondary N) is 2. The number of hydrogen-bond donors (Lipinski definition) is 2. The van der Waals surface area contributed by atoms with Gasteiger partial charge in [-0.2, -0.15) is 5.10 Å². The van der Waals surface area contributed by atoms with E-state index in [2.05, 4.69) is 58.2 Å². The molecule has 3 aromatic rings. The largest absolute Gasteiger partial charge is 0.379 e.